The quantitative estimate of drug-likeness (QED) is 0.801. The first-order valence-electron chi connectivity index (χ1n) is 7.52. The molecule has 1 aliphatic rings. The molecule has 3 N–H and O–H groups in total. The summed E-state index contributed by atoms with van der Waals surface area (Å²) in [5, 5.41) is 12.9. The number of hydrogen-bond acceptors (Lipinski definition) is 4. The lowest BCUT2D eigenvalue weighted by atomic mass is 10.1. The van der Waals surface area contributed by atoms with Crippen molar-refractivity contribution in [2.24, 2.45) is 0 Å². The molecule has 0 bridgehead atoms. The van der Waals surface area contributed by atoms with E-state index in [1.807, 2.05) is 18.2 Å². The number of carbonyl (C=O) groups is 1. The molecule has 2 aromatic rings. The molecule has 1 saturated heterocycles. The second-order valence-corrected chi connectivity index (χ2v) is 5.52. The Morgan fingerprint density at radius 2 is 2.41 bits per heavy atom. The molecule has 3 rings (SSSR count). The molecule has 1 amide bonds. The fraction of sp³-hybridized carbons (Fsp3) is 0.375. The number of aromatic nitrogens is 2. The van der Waals surface area contributed by atoms with Crippen LogP contribution in [0.3, 0.4) is 0 Å². The van der Waals surface area contributed by atoms with Crippen LogP contribution in [0.4, 0.5) is 5.69 Å². The Morgan fingerprint density at radius 3 is 3.18 bits per heavy atom. The summed E-state index contributed by atoms with van der Waals surface area (Å²) in [7, 11) is 0. The van der Waals surface area contributed by atoms with Gasteiger partial charge in [-0.3, -0.25) is 4.79 Å². The fourth-order valence-corrected chi connectivity index (χ4v) is 2.66. The van der Waals surface area contributed by atoms with Crippen molar-refractivity contribution in [1.82, 2.24) is 14.9 Å². The number of likely N-dealkylation sites (tertiary alicyclic amines) is 1. The molecule has 0 unspecified atom stereocenters. The maximum absolute atomic E-state index is 12.5. The second kappa shape index (κ2) is 6.62. The Balaban J connectivity index is 1.66. The Hall–Kier alpha value is -2.34. The van der Waals surface area contributed by atoms with Crippen molar-refractivity contribution in [3.05, 3.63) is 48.0 Å². The minimum Gasteiger partial charge on any atom is -0.391 e. The molecule has 1 fully saturated rings. The molecular weight excluding hydrogens is 280 g/mol. The highest BCUT2D eigenvalue weighted by Gasteiger charge is 2.23. The van der Waals surface area contributed by atoms with Crippen molar-refractivity contribution < 1.29 is 9.90 Å². The van der Waals surface area contributed by atoms with E-state index < -0.39 is 6.10 Å². The van der Waals surface area contributed by atoms with E-state index in [0.29, 0.717) is 25.2 Å². The SMILES string of the molecule is O=C(c1cccc(NCc2ncc[nH]2)c1)N1CCC[C@@H](O)C1. The van der Waals surface area contributed by atoms with Gasteiger partial charge in [0, 0.05) is 36.7 Å². The summed E-state index contributed by atoms with van der Waals surface area (Å²) in [5.41, 5.74) is 1.51. The molecule has 116 valence electrons. The van der Waals surface area contributed by atoms with Crippen LogP contribution in [0, 0.1) is 0 Å². The van der Waals surface area contributed by atoms with Crippen LogP contribution in [0.15, 0.2) is 36.7 Å². The van der Waals surface area contributed by atoms with Gasteiger partial charge in [0.15, 0.2) is 0 Å². The summed E-state index contributed by atoms with van der Waals surface area (Å²) in [6.45, 7) is 1.70. The zero-order chi connectivity index (χ0) is 15.4. The third kappa shape index (κ3) is 3.46. The first-order valence-corrected chi connectivity index (χ1v) is 7.52. The van der Waals surface area contributed by atoms with Crippen LogP contribution in [0.2, 0.25) is 0 Å². The topological polar surface area (TPSA) is 81.2 Å². The van der Waals surface area contributed by atoms with Gasteiger partial charge in [-0.05, 0) is 31.0 Å². The molecule has 0 radical (unpaired) electrons. The van der Waals surface area contributed by atoms with E-state index in [-0.39, 0.29) is 5.91 Å². The molecule has 1 atom stereocenters. The number of aromatic amines is 1. The smallest absolute Gasteiger partial charge is 0.254 e. The first-order chi connectivity index (χ1) is 10.7. The number of aliphatic hydroxyl groups is 1. The molecule has 0 aliphatic carbocycles. The number of hydrogen-bond donors (Lipinski definition) is 3. The third-order valence-electron chi connectivity index (χ3n) is 3.81. The zero-order valence-electron chi connectivity index (χ0n) is 12.3. The van der Waals surface area contributed by atoms with Gasteiger partial charge in [-0.1, -0.05) is 6.07 Å². The van der Waals surface area contributed by atoms with E-state index >= 15 is 0 Å². The van der Waals surface area contributed by atoms with E-state index in [0.717, 1.165) is 24.4 Å². The van der Waals surface area contributed by atoms with E-state index in [1.165, 1.54) is 0 Å². The molecule has 1 aromatic heterocycles. The van der Waals surface area contributed by atoms with Gasteiger partial charge in [-0.25, -0.2) is 4.98 Å². The molecular formula is C16H20N4O2. The summed E-state index contributed by atoms with van der Waals surface area (Å²) in [6.07, 6.45) is 4.70. The van der Waals surface area contributed by atoms with Crippen molar-refractivity contribution in [3.8, 4) is 0 Å². The maximum atomic E-state index is 12.5. The van der Waals surface area contributed by atoms with E-state index in [4.69, 9.17) is 0 Å². The molecule has 2 heterocycles. The monoisotopic (exact) mass is 300 g/mol. The zero-order valence-corrected chi connectivity index (χ0v) is 12.3. The Labute approximate surface area is 129 Å². The molecule has 6 nitrogen and oxygen atoms in total. The highest BCUT2D eigenvalue weighted by molar-refractivity contribution is 5.95. The highest BCUT2D eigenvalue weighted by atomic mass is 16.3. The summed E-state index contributed by atoms with van der Waals surface area (Å²) in [6, 6.07) is 7.43. The average Bonchev–Trinajstić information content (AvgIpc) is 3.06. The van der Waals surface area contributed by atoms with Gasteiger partial charge in [-0.15, -0.1) is 0 Å². The number of carbonyl (C=O) groups excluding carboxylic acids is 1. The second-order valence-electron chi connectivity index (χ2n) is 5.52. The van der Waals surface area contributed by atoms with Crippen LogP contribution in [0.1, 0.15) is 29.0 Å². The van der Waals surface area contributed by atoms with Gasteiger partial charge >= 0.3 is 0 Å². The van der Waals surface area contributed by atoms with Gasteiger partial charge in [0.25, 0.3) is 5.91 Å². The van der Waals surface area contributed by atoms with Crippen LogP contribution in [0.25, 0.3) is 0 Å². The lowest BCUT2D eigenvalue weighted by Gasteiger charge is -2.30. The highest BCUT2D eigenvalue weighted by Crippen LogP contribution is 2.17. The number of nitrogens with one attached hydrogen (secondary N) is 2. The number of benzene rings is 1. The summed E-state index contributed by atoms with van der Waals surface area (Å²) in [4.78, 5) is 21.4. The Kier molecular flexibility index (Phi) is 4.39. The normalized spacial score (nSPS) is 18.2. The number of nitrogens with zero attached hydrogens (tertiary/aromatic N) is 2. The number of imidazole rings is 1. The first kappa shape index (κ1) is 14.6. The number of aliphatic hydroxyl groups excluding tert-OH is 1. The number of H-pyrrole nitrogens is 1. The Morgan fingerprint density at radius 1 is 1.50 bits per heavy atom. The third-order valence-corrected chi connectivity index (χ3v) is 3.81. The predicted octanol–water partition coefficient (Wildman–Crippen LogP) is 1.62. The number of amides is 1. The molecule has 0 saturated carbocycles. The average molecular weight is 300 g/mol. The van der Waals surface area contributed by atoms with Crippen molar-refractivity contribution >= 4 is 11.6 Å². The van der Waals surface area contributed by atoms with E-state index in [2.05, 4.69) is 15.3 Å². The molecule has 0 spiro atoms. The van der Waals surface area contributed by atoms with Gasteiger partial charge < -0.3 is 20.3 Å². The van der Waals surface area contributed by atoms with Crippen LogP contribution >= 0.6 is 0 Å². The van der Waals surface area contributed by atoms with Gasteiger partial charge in [0.05, 0.1) is 12.6 Å². The van der Waals surface area contributed by atoms with Crippen LogP contribution < -0.4 is 5.32 Å². The minimum absolute atomic E-state index is 0.0274. The minimum atomic E-state index is -0.405. The lowest BCUT2D eigenvalue weighted by molar-refractivity contribution is 0.0474. The largest absolute Gasteiger partial charge is 0.391 e. The standard InChI is InChI=1S/C16H20N4O2/c21-14-5-2-8-20(11-14)16(22)12-3-1-4-13(9-12)19-10-15-17-6-7-18-15/h1,3-4,6-7,9,14,19,21H,2,5,8,10-11H2,(H,17,18)/t14-/m1/s1. The number of β-amino-alcohol motifs (C(OH)–C–C–N with tert-alkyl or cyclic N) is 1. The number of rotatable bonds is 4. The van der Waals surface area contributed by atoms with Gasteiger partial charge in [-0.2, -0.15) is 0 Å². The summed E-state index contributed by atoms with van der Waals surface area (Å²) in [5.74, 6) is 0.816. The van der Waals surface area contributed by atoms with Gasteiger partial charge in [0.2, 0.25) is 0 Å². The summed E-state index contributed by atoms with van der Waals surface area (Å²) >= 11 is 0. The number of piperidine rings is 1. The van der Waals surface area contributed by atoms with Crippen molar-refractivity contribution in [2.45, 2.75) is 25.5 Å². The summed E-state index contributed by atoms with van der Waals surface area (Å²) < 4.78 is 0. The van der Waals surface area contributed by atoms with Crippen molar-refractivity contribution in [2.75, 3.05) is 18.4 Å². The van der Waals surface area contributed by atoms with Crippen molar-refractivity contribution in [3.63, 3.8) is 0 Å². The Bertz CT molecular complexity index is 627. The van der Waals surface area contributed by atoms with Gasteiger partial charge in [0.1, 0.15) is 5.82 Å². The molecule has 22 heavy (non-hydrogen) atoms. The fourth-order valence-electron chi connectivity index (χ4n) is 2.66. The van der Waals surface area contributed by atoms with Crippen LogP contribution in [-0.4, -0.2) is 45.1 Å². The molecule has 1 aliphatic heterocycles. The molecule has 6 heteroatoms. The van der Waals surface area contributed by atoms with Crippen molar-refractivity contribution in [1.29, 1.82) is 0 Å². The van der Waals surface area contributed by atoms with E-state index in [1.54, 1.807) is 23.4 Å². The van der Waals surface area contributed by atoms with Crippen LogP contribution in [0.5, 0.6) is 0 Å². The predicted molar refractivity (Wildman–Crippen MR) is 83.5 cm³/mol. The van der Waals surface area contributed by atoms with E-state index in [9.17, 15) is 9.90 Å². The lowest BCUT2D eigenvalue weighted by Crippen LogP contribution is -2.42. The number of anilines is 1. The maximum Gasteiger partial charge on any atom is 0.254 e. The molecule has 1 aromatic carbocycles. The van der Waals surface area contributed by atoms with Crippen LogP contribution in [-0.2, 0) is 6.54 Å².